The molecule has 122 valence electrons. The number of para-hydroxylation sites is 1. The van der Waals surface area contributed by atoms with Gasteiger partial charge in [0.05, 0.1) is 19.0 Å². The molecule has 0 aliphatic rings. The van der Waals surface area contributed by atoms with Gasteiger partial charge in [0.1, 0.15) is 11.5 Å². The molecule has 5 heteroatoms. The highest BCUT2D eigenvalue weighted by Gasteiger charge is 2.13. The van der Waals surface area contributed by atoms with Gasteiger partial charge < -0.3 is 14.8 Å². The Bertz CT molecular complexity index is 601. The second-order valence-corrected chi connectivity index (χ2v) is 6.34. The van der Waals surface area contributed by atoms with Crippen molar-refractivity contribution in [1.29, 1.82) is 0 Å². The maximum atomic E-state index is 12.1. The number of rotatable bonds is 8. The van der Waals surface area contributed by atoms with Crippen molar-refractivity contribution in [2.24, 2.45) is 0 Å². The highest BCUT2D eigenvalue weighted by molar-refractivity contribution is 8.00. The molecular weight excluding hydrogens is 310 g/mol. The maximum Gasteiger partial charge on any atom is 0.237 e. The van der Waals surface area contributed by atoms with Gasteiger partial charge in [-0.25, -0.2) is 0 Å². The van der Waals surface area contributed by atoms with Crippen LogP contribution in [0.25, 0.3) is 0 Å². The molecule has 1 N–H and O–H groups in total. The smallest absolute Gasteiger partial charge is 0.237 e. The van der Waals surface area contributed by atoms with Gasteiger partial charge in [-0.1, -0.05) is 18.2 Å². The number of carbonyl (C=O) groups is 1. The van der Waals surface area contributed by atoms with E-state index in [9.17, 15) is 4.79 Å². The van der Waals surface area contributed by atoms with Gasteiger partial charge in [-0.3, -0.25) is 4.79 Å². The lowest BCUT2D eigenvalue weighted by Crippen LogP contribution is -2.23. The van der Waals surface area contributed by atoms with Crippen LogP contribution in [0.5, 0.6) is 11.5 Å². The summed E-state index contributed by atoms with van der Waals surface area (Å²) < 4.78 is 10.7. The molecule has 1 unspecified atom stereocenters. The van der Waals surface area contributed by atoms with Crippen LogP contribution in [0.4, 0.5) is 5.69 Å². The SMILES string of the molecule is COc1ccc(OCCSC(C)C(=O)Nc2ccccc2)cc1. The van der Waals surface area contributed by atoms with Crippen molar-refractivity contribution < 1.29 is 14.3 Å². The minimum Gasteiger partial charge on any atom is -0.497 e. The molecular formula is C18H21NO3S. The van der Waals surface area contributed by atoms with E-state index in [1.165, 1.54) is 0 Å². The quantitative estimate of drug-likeness (QED) is 0.747. The molecule has 0 aliphatic heterocycles. The van der Waals surface area contributed by atoms with E-state index in [0.717, 1.165) is 22.9 Å². The van der Waals surface area contributed by atoms with Crippen LogP contribution in [0.1, 0.15) is 6.92 Å². The molecule has 0 aromatic heterocycles. The summed E-state index contributed by atoms with van der Waals surface area (Å²) in [5, 5.41) is 2.77. The molecule has 1 atom stereocenters. The van der Waals surface area contributed by atoms with Gasteiger partial charge in [0.2, 0.25) is 5.91 Å². The third-order valence-electron chi connectivity index (χ3n) is 3.19. The van der Waals surface area contributed by atoms with Gasteiger partial charge in [-0.05, 0) is 43.3 Å². The zero-order valence-electron chi connectivity index (χ0n) is 13.3. The number of benzene rings is 2. The van der Waals surface area contributed by atoms with Crippen LogP contribution in [-0.4, -0.2) is 30.6 Å². The normalized spacial score (nSPS) is 11.6. The first-order valence-corrected chi connectivity index (χ1v) is 8.48. The minimum absolute atomic E-state index is 0.00523. The van der Waals surface area contributed by atoms with Crippen LogP contribution in [0.15, 0.2) is 54.6 Å². The molecule has 2 rings (SSSR count). The molecule has 1 amide bonds. The number of thioether (sulfide) groups is 1. The van der Waals surface area contributed by atoms with Crippen LogP contribution < -0.4 is 14.8 Å². The summed E-state index contributed by atoms with van der Waals surface area (Å²) in [6.07, 6.45) is 0. The second-order valence-electron chi connectivity index (χ2n) is 4.89. The Hall–Kier alpha value is -2.14. The number of nitrogens with one attached hydrogen (secondary N) is 1. The van der Waals surface area contributed by atoms with Gasteiger partial charge in [-0.2, -0.15) is 0 Å². The summed E-state index contributed by atoms with van der Waals surface area (Å²) in [6, 6.07) is 16.9. The van der Waals surface area contributed by atoms with Crippen molar-refractivity contribution >= 4 is 23.4 Å². The topological polar surface area (TPSA) is 47.6 Å². The maximum absolute atomic E-state index is 12.1. The lowest BCUT2D eigenvalue weighted by Gasteiger charge is -2.12. The molecule has 4 nitrogen and oxygen atoms in total. The summed E-state index contributed by atoms with van der Waals surface area (Å²) >= 11 is 1.57. The molecule has 2 aromatic rings. The molecule has 0 aliphatic carbocycles. The molecule has 0 saturated carbocycles. The van der Waals surface area contributed by atoms with Gasteiger partial charge in [0.25, 0.3) is 0 Å². The van der Waals surface area contributed by atoms with Gasteiger partial charge in [0.15, 0.2) is 0 Å². The zero-order chi connectivity index (χ0) is 16.5. The van der Waals surface area contributed by atoms with Crippen LogP contribution in [0, 0.1) is 0 Å². The lowest BCUT2D eigenvalue weighted by molar-refractivity contribution is -0.115. The number of methoxy groups -OCH3 is 1. The first kappa shape index (κ1) is 17.2. The monoisotopic (exact) mass is 331 g/mol. The van der Waals surface area contributed by atoms with E-state index in [1.807, 2.05) is 61.5 Å². The number of hydrogen-bond donors (Lipinski definition) is 1. The highest BCUT2D eigenvalue weighted by Crippen LogP contribution is 2.18. The first-order valence-electron chi connectivity index (χ1n) is 7.43. The predicted octanol–water partition coefficient (Wildman–Crippen LogP) is 3.83. The number of carbonyl (C=O) groups excluding carboxylic acids is 1. The van der Waals surface area contributed by atoms with Crippen molar-refractivity contribution in [2.45, 2.75) is 12.2 Å². The molecule has 0 heterocycles. The average molecular weight is 331 g/mol. The fourth-order valence-electron chi connectivity index (χ4n) is 1.90. The molecule has 0 radical (unpaired) electrons. The fourth-order valence-corrected chi connectivity index (χ4v) is 2.64. The average Bonchev–Trinajstić information content (AvgIpc) is 2.60. The Morgan fingerprint density at radius 2 is 1.74 bits per heavy atom. The van der Waals surface area contributed by atoms with E-state index in [4.69, 9.17) is 9.47 Å². The summed E-state index contributed by atoms with van der Waals surface area (Å²) in [5.41, 5.74) is 0.819. The molecule has 0 fully saturated rings. The highest BCUT2D eigenvalue weighted by atomic mass is 32.2. The number of anilines is 1. The van der Waals surface area contributed by atoms with Gasteiger partial charge in [-0.15, -0.1) is 11.8 Å². The predicted molar refractivity (Wildman–Crippen MR) is 95.5 cm³/mol. The zero-order valence-corrected chi connectivity index (χ0v) is 14.1. The van der Waals surface area contributed by atoms with Crippen LogP contribution in [0.3, 0.4) is 0 Å². The summed E-state index contributed by atoms with van der Waals surface area (Å²) in [6.45, 7) is 2.45. The standard InChI is InChI=1S/C18H21NO3S/c1-14(18(20)19-15-6-4-3-5-7-15)23-13-12-22-17-10-8-16(21-2)9-11-17/h3-11,14H,12-13H2,1-2H3,(H,19,20). The van der Waals surface area contributed by atoms with E-state index in [1.54, 1.807) is 18.9 Å². The van der Waals surface area contributed by atoms with Crippen molar-refractivity contribution in [3.63, 3.8) is 0 Å². The van der Waals surface area contributed by atoms with E-state index in [-0.39, 0.29) is 11.2 Å². The van der Waals surface area contributed by atoms with Crippen molar-refractivity contribution in [3.8, 4) is 11.5 Å². The number of ether oxygens (including phenoxy) is 2. The molecule has 23 heavy (non-hydrogen) atoms. The lowest BCUT2D eigenvalue weighted by atomic mass is 10.3. The van der Waals surface area contributed by atoms with Crippen molar-refractivity contribution in [1.82, 2.24) is 0 Å². The van der Waals surface area contributed by atoms with E-state index < -0.39 is 0 Å². The second kappa shape index (κ2) is 9.10. The molecule has 0 bridgehead atoms. The van der Waals surface area contributed by atoms with Crippen LogP contribution >= 0.6 is 11.8 Å². The Labute approximate surface area is 141 Å². The molecule has 0 saturated heterocycles. The summed E-state index contributed by atoms with van der Waals surface area (Å²) in [7, 11) is 1.63. The Kier molecular flexibility index (Phi) is 6.81. The van der Waals surface area contributed by atoms with Crippen molar-refractivity contribution in [2.75, 3.05) is 24.8 Å². The Morgan fingerprint density at radius 1 is 1.09 bits per heavy atom. The number of hydrogen-bond acceptors (Lipinski definition) is 4. The van der Waals surface area contributed by atoms with E-state index in [2.05, 4.69) is 5.32 Å². The van der Waals surface area contributed by atoms with E-state index in [0.29, 0.717) is 6.61 Å². The summed E-state index contributed by atoms with van der Waals surface area (Å²) in [4.78, 5) is 12.1. The third-order valence-corrected chi connectivity index (χ3v) is 4.31. The largest absolute Gasteiger partial charge is 0.497 e. The number of amides is 1. The van der Waals surface area contributed by atoms with Gasteiger partial charge >= 0.3 is 0 Å². The van der Waals surface area contributed by atoms with Gasteiger partial charge in [0, 0.05) is 11.4 Å². The third kappa shape index (κ3) is 5.87. The van der Waals surface area contributed by atoms with Crippen LogP contribution in [-0.2, 0) is 4.79 Å². The minimum atomic E-state index is -0.130. The summed E-state index contributed by atoms with van der Waals surface area (Å²) in [5.74, 6) is 2.35. The first-order chi connectivity index (χ1) is 11.2. The Balaban J connectivity index is 1.67. The molecule has 2 aromatic carbocycles. The fraction of sp³-hybridized carbons (Fsp3) is 0.278. The van der Waals surface area contributed by atoms with Crippen LogP contribution in [0.2, 0.25) is 0 Å². The Morgan fingerprint density at radius 3 is 2.39 bits per heavy atom. The van der Waals surface area contributed by atoms with E-state index >= 15 is 0 Å². The van der Waals surface area contributed by atoms with Crippen molar-refractivity contribution in [3.05, 3.63) is 54.6 Å². The molecule has 0 spiro atoms.